The zero-order valence-corrected chi connectivity index (χ0v) is 12.5. The van der Waals surface area contributed by atoms with Crippen LogP contribution in [0.25, 0.3) is 0 Å². The Kier molecular flexibility index (Phi) is 5.32. The van der Waals surface area contributed by atoms with Crippen molar-refractivity contribution in [1.29, 1.82) is 0 Å². The molecule has 1 aromatic heterocycles. The first-order valence-electron chi connectivity index (χ1n) is 7.36. The summed E-state index contributed by atoms with van der Waals surface area (Å²) in [6.07, 6.45) is 2.16. The van der Waals surface area contributed by atoms with E-state index in [1.54, 1.807) is 0 Å². The fraction of sp³-hybridized carbons (Fsp3) is 0.643. The van der Waals surface area contributed by atoms with Crippen molar-refractivity contribution in [3.63, 3.8) is 0 Å². The Hall–Kier alpha value is -1.89. The van der Waals surface area contributed by atoms with Crippen LogP contribution in [0, 0.1) is 16.0 Å². The van der Waals surface area contributed by atoms with Gasteiger partial charge in [-0.05, 0) is 19.8 Å². The highest BCUT2D eigenvalue weighted by Crippen LogP contribution is 2.23. The summed E-state index contributed by atoms with van der Waals surface area (Å²) < 4.78 is 5.51. The molecule has 1 aliphatic rings. The predicted molar refractivity (Wildman–Crippen MR) is 81.7 cm³/mol. The minimum absolute atomic E-state index is 0.0434. The summed E-state index contributed by atoms with van der Waals surface area (Å²) in [5.74, 6) is 1.48. The molecule has 0 spiro atoms. The molecule has 116 valence electrons. The number of pyridine rings is 1. The topological polar surface area (TPSA) is 89.3 Å². The number of rotatable bonds is 7. The van der Waals surface area contributed by atoms with E-state index in [0.29, 0.717) is 24.1 Å². The second kappa shape index (κ2) is 7.21. The summed E-state index contributed by atoms with van der Waals surface area (Å²) >= 11 is 0. The van der Waals surface area contributed by atoms with Crippen LogP contribution >= 0.6 is 0 Å². The zero-order chi connectivity index (χ0) is 15.2. The second-order valence-corrected chi connectivity index (χ2v) is 5.29. The number of ether oxygens (including phenoxy) is 1. The number of nitrogens with zero attached hydrogens (tertiary/aromatic N) is 2. The quantitative estimate of drug-likeness (QED) is 0.593. The van der Waals surface area contributed by atoms with Gasteiger partial charge in [0.05, 0.1) is 23.2 Å². The van der Waals surface area contributed by atoms with E-state index in [1.807, 2.05) is 6.92 Å². The third-order valence-corrected chi connectivity index (χ3v) is 3.66. The van der Waals surface area contributed by atoms with Gasteiger partial charge in [0.15, 0.2) is 0 Å². The molecule has 0 aliphatic carbocycles. The van der Waals surface area contributed by atoms with Gasteiger partial charge in [0, 0.05) is 25.6 Å². The molecule has 7 nitrogen and oxygen atoms in total. The zero-order valence-electron chi connectivity index (χ0n) is 12.5. The maximum Gasteiger partial charge on any atom is 0.276 e. The van der Waals surface area contributed by atoms with Crippen LogP contribution in [0.5, 0.6) is 0 Å². The molecule has 1 fully saturated rings. The normalized spacial score (nSPS) is 21.2. The van der Waals surface area contributed by atoms with Crippen molar-refractivity contribution in [3.8, 4) is 0 Å². The average Bonchev–Trinajstić information content (AvgIpc) is 2.88. The molecule has 0 aromatic carbocycles. The Balaban J connectivity index is 2.05. The summed E-state index contributed by atoms with van der Waals surface area (Å²) in [4.78, 5) is 15.0. The van der Waals surface area contributed by atoms with Crippen molar-refractivity contribution >= 4 is 17.3 Å². The third kappa shape index (κ3) is 4.29. The van der Waals surface area contributed by atoms with E-state index in [1.165, 1.54) is 12.1 Å². The molecular formula is C14H22N4O3. The lowest BCUT2D eigenvalue weighted by Gasteiger charge is -2.15. The maximum absolute atomic E-state index is 11.0. The van der Waals surface area contributed by atoms with Crippen LogP contribution in [0.15, 0.2) is 12.1 Å². The van der Waals surface area contributed by atoms with Gasteiger partial charge in [-0.2, -0.15) is 0 Å². The summed E-state index contributed by atoms with van der Waals surface area (Å²) in [6, 6.07) is 2.93. The Morgan fingerprint density at radius 1 is 1.43 bits per heavy atom. The number of hydrogen-bond acceptors (Lipinski definition) is 6. The number of anilines is 2. The smallest absolute Gasteiger partial charge is 0.276 e. The molecule has 0 amide bonds. The van der Waals surface area contributed by atoms with E-state index in [2.05, 4.69) is 22.5 Å². The first kappa shape index (κ1) is 15.5. The van der Waals surface area contributed by atoms with Crippen molar-refractivity contribution in [2.24, 2.45) is 5.92 Å². The van der Waals surface area contributed by atoms with Crippen molar-refractivity contribution in [1.82, 2.24) is 4.98 Å². The summed E-state index contributed by atoms with van der Waals surface area (Å²) in [6.45, 7) is 6.31. The van der Waals surface area contributed by atoms with Crippen molar-refractivity contribution in [2.45, 2.75) is 32.8 Å². The summed E-state index contributed by atoms with van der Waals surface area (Å²) in [5, 5.41) is 17.3. The van der Waals surface area contributed by atoms with Gasteiger partial charge in [-0.25, -0.2) is 4.98 Å². The third-order valence-electron chi connectivity index (χ3n) is 3.66. The van der Waals surface area contributed by atoms with Gasteiger partial charge in [-0.15, -0.1) is 0 Å². The first-order valence-corrected chi connectivity index (χ1v) is 7.36. The average molecular weight is 294 g/mol. The number of aromatic nitrogens is 1. The standard InChI is InChI=1S/C14H22N4O3/c1-3-5-15-13-7-12(18(19)20)8-14(17-13)16-9-11-4-6-21-10(11)2/h7-8,10-11H,3-6,9H2,1-2H3,(H2,15,16,17). The molecule has 2 unspecified atom stereocenters. The summed E-state index contributed by atoms with van der Waals surface area (Å²) in [5.41, 5.74) is 0.0434. The first-order chi connectivity index (χ1) is 10.1. The van der Waals surface area contributed by atoms with Crippen LogP contribution in [0.2, 0.25) is 0 Å². The minimum Gasteiger partial charge on any atom is -0.378 e. The van der Waals surface area contributed by atoms with Gasteiger partial charge >= 0.3 is 0 Å². The SMILES string of the molecule is CCCNc1cc([N+](=O)[O-])cc(NCC2CCOC2C)n1. The Morgan fingerprint density at radius 3 is 2.71 bits per heavy atom. The second-order valence-electron chi connectivity index (χ2n) is 5.29. The van der Waals surface area contributed by atoms with Gasteiger partial charge in [0.25, 0.3) is 5.69 Å². The van der Waals surface area contributed by atoms with E-state index < -0.39 is 4.92 Å². The molecule has 2 N–H and O–H groups in total. The molecule has 2 atom stereocenters. The van der Waals surface area contributed by atoms with E-state index in [-0.39, 0.29) is 11.8 Å². The van der Waals surface area contributed by atoms with Crippen LogP contribution in [0.1, 0.15) is 26.7 Å². The molecule has 2 heterocycles. The lowest BCUT2D eigenvalue weighted by molar-refractivity contribution is -0.384. The highest BCUT2D eigenvalue weighted by Gasteiger charge is 2.24. The van der Waals surface area contributed by atoms with Crippen molar-refractivity contribution in [2.75, 3.05) is 30.3 Å². The van der Waals surface area contributed by atoms with Gasteiger partial charge in [0.2, 0.25) is 0 Å². The van der Waals surface area contributed by atoms with Gasteiger partial charge in [0.1, 0.15) is 11.6 Å². The van der Waals surface area contributed by atoms with Crippen LogP contribution in [-0.2, 0) is 4.74 Å². The highest BCUT2D eigenvalue weighted by atomic mass is 16.6. The highest BCUT2D eigenvalue weighted by molar-refractivity contribution is 5.54. The van der Waals surface area contributed by atoms with E-state index in [9.17, 15) is 10.1 Å². The molecule has 21 heavy (non-hydrogen) atoms. The molecule has 7 heteroatoms. The largest absolute Gasteiger partial charge is 0.378 e. The van der Waals surface area contributed by atoms with Crippen molar-refractivity contribution in [3.05, 3.63) is 22.2 Å². The fourth-order valence-electron chi connectivity index (χ4n) is 2.34. The lowest BCUT2D eigenvalue weighted by Crippen LogP contribution is -2.21. The Labute approximate surface area is 124 Å². The van der Waals surface area contributed by atoms with E-state index >= 15 is 0 Å². The van der Waals surface area contributed by atoms with Gasteiger partial charge in [-0.3, -0.25) is 10.1 Å². The minimum atomic E-state index is -0.398. The van der Waals surface area contributed by atoms with E-state index in [4.69, 9.17) is 4.74 Å². The van der Waals surface area contributed by atoms with Crippen molar-refractivity contribution < 1.29 is 9.66 Å². The molecule has 0 saturated carbocycles. The van der Waals surface area contributed by atoms with Gasteiger partial charge in [-0.1, -0.05) is 6.92 Å². The molecule has 1 aliphatic heterocycles. The maximum atomic E-state index is 11.0. The van der Waals surface area contributed by atoms with Crippen LogP contribution in [0.4, 0.5) is 17.3 Å². The number of hydrogen-bond donors (Lipinski definition) is 2. The molecule has 1 aromatic rings. The Bertz CT molecular complexity index is 495. The molecule has 2 rings (SSSR count). The monoisotopic (exact) mass is 294 g/mol. The van der Waals surface area contributed by atoms with Crippen LogP contribution < -0.4 is 10.6 Å². The van der Waals surface area contributed by atoms with Crippen LogP contribution in [-0.4, -0.2) is 35.7 Å². The fourth-order valence-corrected chi connectivity index (χ4v) is 2.34. The molecule has 0 bridgehead atoms. The van der Waals surface area contributed by atoms with E-state index in [0.717, 1.165) is 26.0 Å². The number of nitro groups is 1. The lowest BCUT2D eigenvalue weighted by atomic mass is 10.0. The predicted octanol–water partition coefficient (Wildman–Crippen LogP) is 2.65. The summed E-state index contributed by atoms with van der Waals surface area (Å²) in [7, 11) is 0. The molecule has 0 radical (unpaired) electrons. The Morgan fingerprint density at radius 2 is 2.14 bits per heavy atom. The molecule has 1 saturated heterocycles. The number of nitrogens with one attached hydrogen (secondary N) is 2. The molecular weight excluding hydrogens is 272 g/mol. The van der Waals surface area contributed by atoms with Gasteiger partial charge < -0.3 is 15.4 Å². The van der Waals surface area contributed by atoms with Crippen LogP contribution in [0.3, 0.4) is 0 Å².